The van der Waals surface area contributed by atoms with Crippen LogP contribution in [-0.2, 0) is 0 Å². The summed E-state index contributed by atoms with van der Waals surface area (Å²) >= 11 is 1.19. The van der Waals surface area contributed by atoms with E-state index in [2.05, 4.69) is 18.7 Å². The highest BCUT2D eigenvalue weighted by Gasteiger charge is 2.11. The van der Waals surface area contributed by atoms with Crippen LogP contribution >= 0.6 is 11.7 Å². The number of nitrogens with zero attached hydrogens (tertiary/aromatic N) is 5. The van der Waals surface area contributed by atoms with Gasteiger partial charge in [0.25, 0.3) is 0 Å². The topological polar surface area (TPSA) is 54.8 Å². The molecule has 2 aromatic rings. The minimum Gasteiger partial charge on any atom is -0.360 e. The molecule has 2 heterocycles. The lowest BCUT2D eigenvalue weighted by Gasteiger charge is -2.09. The molecule has 2 rings (SSSR count). The van der Waals surface area contributed by atoms with Crippen LogP contribution in [0.4, 0.5) is 5.82 Å². The summed E-state index contributed by atoms with van der Waals surface area (Å²) in [5.41, 5.74) is 1.73. The highest BCUT2D eigenvalue weighted by Crippen LogP contribution is 2.25. The van der Waals surface area contributed by atoms with Crippen molar-refractivity contribution in [3.63, 3.8) is 0 Å². The standard InChI is InChI=1S/C8H9N5S/c1-13(2)8-7(11-14-12-8)6-3-9-5-10-4-6/h3-5H,1-2H3. The summed E-state index contributed by atoms with van der Waals surface area (Å²) in [5, 5.41) is 0. The van der Waals surface area contributed by atoms with E-state index < -0.39 is 0 Å². The van der Waals surface area contributed by atoms with E-state index in [0.717, 1.165) is 17.1 Å². The van der Waals surface area contributed by atoms with Gasteiger partial charge < -0.3 is 4.90 Å². The lowest BCUT2D eigenvalue weighted by atomic mass is 10.2. The Morgan fingerprint density at radius 2 is 1.86 bits per heavy atom. The molecule has 0 atom stereocenters. The first-order valence-electron chi connectivity index (χ1n) is 4.04. The van der Waals surface area contributed by atoms with Crippen molar-refractivity contribution in [3.8, 4) is 11.3 Å². The first kappa shape index (κ1) is 9.01. The molecule has 2 aromatic heterocycles. The van der Waals surface area contributed by atoms with E-state index in [0.29, 0.717) is 0 Å². The fraction of sp³-hybridized carbons (Fsp3) is 0.250. The maximum absolute atomic E-state index is 4.22. The Morgan fingerprint density at radius 3 is 2.50 bits per heavy atom. The van der Waals surface area contributed by atoms with Crippen molar-refractivity contribution in [2.24, 2.45) is 0 Å². The smallest absolute Gasteiger partial charge is 0.170 e. The average molecular weight is 207 g/mol. The third-order valence-electron chi connectivity index (χ3n) is 1.73. The molecule has 0 aliphatic carbocycles. The Balaban J connectivity index is 2.47. The number of hydrogen-bond donors (Lipinski definition) is 0. The van der Waals surface area contributed by atoms with Gasteiger partial charge in [0.1, 0.15) is 12.0 Å². The fourth-order valence-corrected chi connectivity index (χ4v) is 1.72. The third kappa shape index (κ3) is 1.56. The molecule has 5 nitrogen and oxygen atoms in total. The van der Waals surface area contributed by atoms with Gasteiger partial charge in [-0.15, -0.1) is 0 Å². The monoisotopic (exact) mass is 207 g/mol. The van der Waals surface area contributed by atoms with Gasteiger partial charge in [-0.05, 0) is 0 Å². The van der Waals surface area contributed by atoms with Gasteiger partial charge in [-0.1, -0.05) is 0 Å². The van der Waals surface area contributed by atoms with E-state index in [1.807, 2.05) is 19.0 Å². The molecule has 72 valence electrons. The molecule has 0 radical (unpaired) electrons. The van der Waals surface area contributed by atoms with Crippen molar-refractivity contribution >= 4 is 17.5 Å². The summed E-state index contributed by atoms with van der Waals surface area (Å²) < 4.78 is 8.41. The fourth-order valence-electron chi connectivity index (χ4n) is 1.08. The molecule has 0 amide bonds. The Labute approximate surface area is 85.8 Å². The lowest BCUT2D eigenvalue weighted by Crippen LogP contribution is -2.10. The first-order valence-corrected chi connectivity index (χ1v) is 4.77. The molecule has 0 saturated heterocycles. The normalized spacial score (nSPS) is 10.1. The van der Waals surface area contributed by atoms with Crippen molar-refractivity contribution in [1.82, 2.24) is 18.7 Å². The second kappa shape index (κ2) is 3.67. The number of anilines is 1. The molecule has 0 fully saturated rings. The molecule has 0 spiro atoms. The summed E-state index contributed by atoms with van der Waals surface area (Å²) in [5.74, 6) is 0.852. The maximum Gasteiger partial charge on any atom is 0.170 e. The predicted octanol–water partition coefficient (Wildman–Crippen LogP) is 1.06. The number of hydrogen-bond acceptors (Lipinski definition) is 6. The van der Waals surface area contributed by atoms with Crippen LogP contribution in [0, 0.1) is 0 Å². The average Bonchev–Trinajstić information content (AvgIpc) is 2.67. The van der Waals surface area contributed by atoms with Crippen LogP contribution in [0.15, 0.2) is 18.7 Å². The molecule has 0 bridgehead atoms. The largest absolute Gasteiger partial charge is 0.360 e. The maximum atomic E-state index is 4.22. The zero-order valence-electron chi connectivity index (χ0n) is 7.88. The van der Waals surface area contributed by atoms with Crippen LogP contribution in [0.1, 0.15) is 0 Å². The number of rotatable bonds is 2. The van der Waals surface area contributed by atoms with Crippen molar-refractivity contribution in [3.05, 3.63) is 18.7 Å². The van der Waals surface area contributed by atoms with Crippen LogP contribution in [-0.4, -0.2) is 32.8 Å². The number of aromatic nitrogens is 4. The molecule has 0 saturated carbocycles. The summed E-state index contributed by atoms with van der Waals surface area (Å²) in [6.07, 6.45) is 4.96. The highest BCUT2D eigenvalue weighted by molar-refractivity contribution is 6.99. The Bertz CT molecular complexity index is 411. The molecular formula is C8H9N5S. The van der Waals surface area contributed by atoms with E-state index in [4.69, 9.17) is 0 Å². The summed E-state index contributed by atoms with van der Waals surface area (Å²) in [6.45, 7) is 0. The second-order valence-electron chi connectivity index (χ2n) is 2.96. The third-order valence-corrected chi connectivity index (χ3v) is 2.25. The van der Waals surface area contributed by atoms with Crippen molar-refractivity contribution < 1.29 is 0 Å². The summed E-state index contributed by atoms with van der Waals surface area (Å²) in [6, 6.07) is 0. The van der Waals surface area contributed by atoms with Crippen LogP contribution < -0.4 is 4.90 Å². The molecule has 0 aliphatic rings. The highest BCUT2D eigenvalue weighted by atomic mass is 32.1. The summed E-state index contributed by atoms with van der Waals surface area (Å²) in [7, 11) is 3.87. The molecule has 0 aromatic carbocycles. The van der Waals surface area contributed by atoms with Gasteiger partial charge in [-0.25, -0.2) is 9.97 Å². The Kier molecular flexibility index (Phi) is 2.36. The van der Waals surface area contributed by atoms with Gasteiger partial charge in [-0.3, -0.25) is 0 Å². The molecule has 0 N–H and O–H groups in total. The first-order chi connectivity index (χ1) is 6.79. The SMILES string of the molecule is CN(C)c1nsnc1-c1cncnc1. The predicted molar refractivity (Wildman–Crippen MR) is 55.3 cm³/mol. The van der Waals surface area contributed by atoms with Gasteiger partial charge in [0.05, 0.1) is 11.7 Å². The van der Waals surface area contributed by atoms with Gasteiger partial charge in [-0.2, -0.15) is 8.75 Å². The second-order valence-corrected chi connectivity index (χ2v) is 3.49. The van der Waals surface area contributed by atoms with Gasteiger partial charge in [0.15, 0.2) is 5.82 Å². The zero-order chi connectivity index (χ0) is 9.97. The van der Waals surface area contributed by atoms with Crippen LogP contribution in [0.2, 0.25) is 0 Å². The molecule has 0 unspecified atom stereocenters. The quantitative estimate of drug-likeness (QED) is 0.737. The van der Waals surface area contributed by atoms with Crippen molar-refractivity contribution in [2.75, 3.05) is 19.0 Å². The van der Waals surface area contributed by atoms with Crippen LogP contribution in [0.3, 0.4) is 0 Å². The zero-order valence-corrected chi connectivity index (χ0v) is 8.69. The minimum atomic E-state index is 0.834. The minimum absolute atomic E-state index is 0.834. The Hall–Kier alpha value is -1.56. The molecule has 0 aliphatic heterocycles. The van der Waals surface area contributed by atoms with E-state index in [9.17, 15) is 0 Å². The lowest BCUT2D eigenvalue weighted by molar-refractivity contribution is 1.09. The van der Waals surface area contributed by atoms with Crippen molar-refractivity contribution in [1.29, 1.82) is 0 Å². The molecular weight excluding hydrogens is 198 g/mol. The van der Waals surface area contributed by atoms with E-state index >= 15 is 0 Å². The van der Waals surface area contributed by atoms with E-state index in [1.165, 1.54) is 18.1 Å². The molecule has 6 heteroatoms. The van der Waals surface area contributed by atoms with E-state index in [1.54, 1.807) is 12.4 Å². The van der Waals surface area contributed by atoms with Gasteiger partial charge in [0, 0.05) is 32.1 Å². The molecule has 14 heavy (non-hydrogen) atoms. The summed E-state index contributed by atoms with van der Waals surface area (Å²) in [4.78, 5) is 9.82. The van der Waals surface area contributed by atoms with Gasteiger partial charge in [0.2, 0.25) is 0 Å². The Morgan fingerprint density at radius 1 is 1.14 bits per heavy atom. The van der Waals surface area contributed by atoms with Crippen molar-refractivity contribution in [2.45, 2.75) is 0 Å². The van der Waals surface area contributed by atoms with Gasteiger partial charge >= 0.3 is 0 Å². The van der Waals surface area contributed by atoms with Crippen LogP contribution in [0.25, 0.3) is 11.3 Å². The van der Waals surface area contributed by atoms with E-state index in [-0.39, 0.29) is 0 Å². The van der Waals surface area contributed by atoms with Crippen LogP contribution in [0.5, 0.6) is 0 Å².